The Morgan fingerprint density at radius 3 is 2.04 bits per heavy atom. The number of hydrogen-bond donors (Lipinski definition) is 1. The maximum Gasteiger partial charge on any atom is 0.203 e. The lowest BCUT2D eigenvalue weighted by Crippen LogP contribution is -2.06. The lowest BCUT2D eigenvalue weighted by atomic mass is 10.0. The highest BCUT2D eigenvalue weighted by Gasteiger charge is 2.18. The van der Waals surface area contributed by atoms with Crippen molar-refractivity contribution in [1.29, 1.82) is 0 Å². The Bertz CT molecular complexity index is 937. The molecule has 3 rings (SSSR count). The molecule has 0 aliphatic rings. The number of nitrogens with two attached hydrogens (primary N) is 1. The number of nitrogens with zero attached hydrogens (tertiary/aromatic N) is 1. The van der Waals surface area contributed by atoms with Crippen molar-refractivity contribution < 1.29 is 14.2 Å². The fourth-order valence-electron chi connectivity index (χ4n) is 2.86. The molecule has 0 atom stereocenters. The zero-order valence-electron chi connectivity index (χ0n) is 15.8. The fraction of sp³-hybridized carbons (Fsp3) is 0.190. The van der Waals surface area contributed by atoms with Gasteiger partial charge in [0.1, 0.15) is 5.71 Å². The van der Waals surface area contributed by atoms with Crippen LogP contribution in [0.25, 0.3) is 11.1 Å². The Kier molecular flexibility index (Phi) is 5.66. The van der Waals surface area contributed by atoms with E-state index in [0.29, 0.717) is 23.0 Å². The van der Waals surface area contributed by atoms with Crippen LogP contribution in [0.4, 0.5) is 0 Å². The van der Waals surface area contributed by atoms with E-state index in [0.717, 1.165) is 21.6 Å². The number of hydrazone groups is 1. The molecule has 1 heterocycles. The maximum absolute atomic E-state index is 5.74. The van der Waals surface area contributed by atoms with Crippen LogP contribution < -0.4 is 20.1 Å². The number of hydrogen-bond acceptors (Lipinski definition) is 6. The summed E-state index contributed by atoms with van der Waals surface area (Å²) in [6.07, 6.45) is 0. The van der Waals surface area contributed by atoms with Crippen molar-refractivity contribution in [1.82, 2.24) is 0 Å². The van der Waals surface area contributed by atoms with Crippen molar-refractivity contribution >= 4 is 17.0 Å². The molecule has 0 aliphatic heterocycles. The van der Waals surface area contributed by atoms with Gasteiger partial charge in [0.2, 0.25) is 5.75 Å². The summed E-state index contributed by atoms with van der Waals surface area (Å²) in [7, 11) is 4.74. The second-order valence-corrected chi connectivity index (χ2v) is 6.87. The van der Waals surface area contributed by atoms with E-state index >= 15 is 0 Å². The molecule has 140 valence electrons. The number of rotatable bonds is 6. The van der Waals surface area contributed by atoms with Gasteiger partial charge in [-0.05, 0) is 41.6 Å². The SMILES string of the molecule is COc1cc(C(=NN)c2cc(-c3ccc(C)cc3)cs2)cc(OC)c1OC. The molecular weight excluding hydrogens is 360 g/mol. The Labute approximate surface area is 163 Å². The van der Waals surface area contributed by atoms with Gasteiger partial charge in [0.15, 0.2) is 11.5 Å². The van der Waals surface area contributed by atoms with Gasteiger partial charge in [-0.15, -0.1) is 11.3 Å². The van der Waals surface area contributed by atoms with Gasteiger partial charge in [-0.3, -0.25) is 0 Å². The molecule has 0 saturated carbocycles. The summed E-state index contributed by atoms with van der Waals surface area (Å²) < 4.78 is 16.3. The standard InChI is InChI=1S/C21H22N2O3S/c1-13-5-7-14(8-6-13)16-11-19(27-12-16)20(23-22)15-9-17(24-2)21(26-4)18(10-15)25-3/h5-12H,22H2,1-4H3. The first-order valence-electron chi connectivity index (χ1n) is 8.35. The zero-order valence-corrected chi connectivity index (χ0v) is 16.6. The molecule has 3 aromatic rings. The number of methoxy groups -OCH3 is 3. The van der Waals surface area contributed by atoms with E-state index < -0.39 is 0 Å². The van der Waals surface area contributed by atoms with E-state index in [-0.39, 0.29) is 0 Å². The molecule has 5 nitrogen and oxygen atoms in total. The predicted octanol–water partition coefficient (Wildman–Crippen LogP) is 4.46. The van der Waals surface area contributed by atoms with E-state index in [2.05, 4.69) is 47.7 Å². The van der Waals surface area contributed by atoms with Crippen LogP contribution in [-0.4, -0.2) is 27.0 Å². The van der Waals surface area contributed by atoms with Crippen molar-refractivity contribution in [3.63, 3.8) is 0 Å². The molecule has 27 heavy (non-hydrogen) atoms. The summed E-state index contributed by atoms with van der Waals surface area (Å²) >= 11 is 1.59. The third-order valence-corrected chi connectivity index (χ3v) is 5.22. The van der Waals surface area contributed by atoms with Crippen LogP contribution in [0.3, 0.4) is 0 Å². The van der Waals surface area contributed by atoms with E-state index in [9.17, 15) is 0 Å². The van der Waals surface area contributed by atoms with E-state index in [1.807, 2.05) is 12.1 Å². The smallest absolute Gasteiger partial charge is 0.203 e. The van der Waals surface area contributed by atoms with Gasteiger partial charge in [-0.1, -0.05) is 29.8 Å². The molecule has 0 unspecified atom stereocenters. The lowest BCUT2D eigenvalue weighted by Gasteiger charge is -2.14. The van der Waals surface area contributed by atoms with Crippen LogP contribution >= 0.6 is 11.3 Å². The highest BCUT2D eigenvalue weighted by Crippen LogP contribution is 2.39. The fourth-order valence-corrected chi connectivity index (χ4v) is 3.79. The first kappa shape index (κ1) is 18.8. The van der Waals surface area contributed by atoms with Crippen molar-refractivity contribution in [2.75, 3.05) is 21.3 Å². The van der Waals surface area contributed by atoms with Crippen molar-refractivity contribution in [3.05, 3.63) is 63.8 Å². The third kappa shape index (κ3) is 3.75. The number of ether oxygens (including phenoxy) is 3. The summed E-state index contributed by atoms with van der Waals surface area (Å²) in [5.41, 5.74) is 4.98. The molecule has 0 spiro atoms. The Morgan fingerprint density at radius 1 is 0.889 bits per heavy atom. The van der Waals surface area contributed by atoms with E-state index in [1.165, 1.54) is 5.56 Å². The average molecular weight is 382 g/mol. The number of aryl methyl sites for hydroxylation is 1. The summed E-state index contributed by atoms with van der Waals surface area (Å²) in [5.74, 6) is 7.39. The van der Waals surface area contributed by atoms with Crippen LogP contribution in [0.2, 0.25) is 0 Å². The molecule has 0 aliphatic carbocycles. The van der Waals surface area contributed by atoms with Crippen molar-refractivity contribution in [3.8, 4) is 28.4 Å². The third-order valence-electron chi connectivity index (χ3n) is 4.29. The molecule has 0 saturated heterocycles. The molecule has 0 radical (unpaired) electrons. The van der Waals surface area contributed by atoms with Gasteiger partial charge in [0.05, 0.1) is 26.2 Å². The largest absolute Gasteiger partial charge is 0.493 e. The average Bonchev–Trinajstić information content (AvgIpc) is 3.18. The quantitative estimate of drug-likeness (QED) is 0.388. The number of benzene rings is 2. The Morgan fingerprint density at radius 2 is 1.52 bits per heavy atom. The molecule has 1 aromatic heterocycles. The second kappa shape index (κ2) is 8.14. The van der Waals surface area contributed by atoms with E-state index in [4.69, 9.17) is 20.1 Å². The minimum absolute atomic E-state index is 0.534. The lowest BCUT2D eigenvalue weighted by molar-refractivity contribution is 0.324. The Balaban J connectivity index is 2.02. The van der Waals surface area contributed by atoms with Crippen LogP contribution in [0, 0.1) is 6.92 Å². The summed E-state index contributed by atoms with van der Waals surface area (Å²) in [6, 6.07) is 14.2. The molecule has 2 N–H and O–H groups in total. The monoisotopic (exact) mass is 382 g/mol. The maximum atomic E-state index is 5.74. The molecule has 6 heteroatoms. The molecule has 2 aromatic carbocycles. The van der Waals surface area contributed by atoms with Crippen LogP contribution in [0.15, 0.2) is 52.9 Å². The van der Waals surface area contributed by atoms with Gasteiger partial charge in [-0.25, -0.2) is 0 Å². The molecule has 0 bridgehead atoms. The van der Waals surface area contributed by atoms with Crippen molar-refractivity contribution in [2.24, 2.45) is 10.9 Å². The van der Waals surface area contributed by atoms with Gasteiger partial charge in [0, 0.05) is 5.56 Å². The summed E-state index contributed by atoms with van der Waals surface area (Å²) in [4.78, 5) is 0.961. The van der Waals surface area contributed by atoms with Gasteiger partial charge >= 0.3 is 0 Å². The molecule has 0 fully saturated rings. The topological polar surface area (TPSA) is 66.1 Å². The predicted molar refractivity (Wildman–Crippen MR) is 110 cm³/mol. The molecular formula is C21H22N2O3S. The second-order valence-electron chi connectivity index (χ2n) is 5.96. The van der Waals surface area contributed by atoms with Crippen LogP contribution in [-0.2, 0) is 0 Å². The Hall–Kier alpha value is -2.99. The highest BCUT2D eigenvalue weighted by atomic mass is 32.1. The van der Waals surface area contributed by atoms with Gasteiger partial charge in [-0.2, -0.15) is 5.10 Å². The minimum Gasteiger partial charge on any atom is -0.493 e. The van der Waals surface area contributed by atoms with Crippen molar-refractivity contribution in [2.45, 2.75) is 6.92 Å². The van der Waals surface area contributed by atoms with E-state index in [1.54, 1.807) is 32.7 Å². The van der Waals surface area contributed by atoms with Crippen LogP contribution in [0.5, 0.6) is 17.2 Å². The summed E-state index contributed by atoms with van der Waals surface area (Å²) in [6.45, 7) is 2.08. The normalized spacial score (nSPS) is 11.3. The highest BCUT2D eigenvalue weighted by molar-refractivity contribution is 7.12. The molecule has 0 amide bonds. The minimum atomic E-state index is 0.534. The number of thiophene rings is 1. The first-order valence-corrected chi connectivity index (χ1v) is 9.23. The van der Waals surface area contributed by atoms with Gasteiger partial charge in [0.25, 0.3) is 0 Å². The summed E-state index contributed by atoms with van der Waals surface area (Å²) in [5, 5.41) is 6.13. The zero-order chi connectivity index (χ0) is 19.4. The van der Waals surface area contributed by atoms with Crippen LogP contribution in [0.1, 0.15) is 16.0 Å². The van der Waals surface area contributed by atoms with Gasteiger partial charge < -0.3 is 20.1 Å². The first-order chi connectivity index (χ1) is 13.1.